The van der Waals surface area contributed by atoms with Crippen molar-refractivity contribution in [2.45, 2.75) is 28.9 Å². The predicted molar refractivity (Wildman–Crippen MR) is 148 cm³/mol. The average Bonchev–Trinajstić information content (AvgIpc) is 3.33. The molecule has 0 spiro atoms. The van der Waals surface area contributed by atoms with E-state index in [1.807, 2.05) is 0 Å². The number of hydrogen-bond donors (Lipinski definition) is 2. The number of benzene rings is 1. The summed E-state index contributed by atoms with van der Waals surface area (Å²) in [5.41, 5.74) is 6.91. The quantitative estimate of drug-likeness (QED) is 0.295. The summed E-state index contributed by atoms with van der Waals surface area (Å²) < 4.78 is 38.6. The van der Waals surface area contributed by atoms with Crippen LogP contribution in [0.1, 0.15) is 34.8 Å². The second-order valence-corrected chi connectivity index (χ2v) is 11.5. The van der Waals surface area contributed by atoms with Crippen LogP contribution < -0.4 is 11.1 Å². The van der Waals surface area contributed by atoms with E-state index in [0.717, 1.165) is 18.3 Å². The van der Waals surface area contributed by atoms with Crippen LogP contribution in [0.2, 0.25) is 0 Å². The van der Waals surface area contributed by atoms with Gasteiger partial charge in [0.15, 0.2) is 5.65 Å². The highest BCUT2D eigenvalue weighted by Crippen LogP contribution is 2.36. The number of amides is 2. The predicted octanol–water partition coefficient (Wildman–Crippen LogP) is 5.28. The Morgan fingerprint density at radius 3 is 2.46 bits per heavy atom. The number of aromatic nitrogens is 5. The number of anilines is 2. The second kappa shape index (κ2) is 11.0. The van der Waals surface area contributed by atoms with Crippen LogP contribution in [-0.2, 0) is 11.0 Å². The summed E-state index contributed by atoms with van der Waals surface area (Å²) in [6.45, 7) is 0.654. The molecular weight excluding hydrogens is 608 g/mol. The Bertz CT molecular complexity index is 1620. The van der Waals surface area contributed by atoms with Crippen LogP contribution in [0, 0.1) is 0 Å². The van der Waals surface area contributed by atoms with Gasteiger partial charge < -0.3 is 16.0 Å². The number of pyridine rings is 1. The van der Waals surface area contributed by atoms with Crippen molar-refractivity contribution < 1.29 is 22.8 Å². The first-order chi connectivity index (χ1) is 19.3. The smallest absolute Gasteiger partial charge is 0.383 e. The molecule has 1 aromatic carbocycles. The first-order valence-electron chi connectivity index (χ1n) is 12.1. The Morgan fingerprint density at radius 1 is 1.05 bits per heavy atom. The minimum Gasteiger partial charge on any atom is -0.383 e. The van der Waals surface area contributed by atoms with Crippen molar-refractivity contribution in [3.8, 4) is 11.3 Å². The standard InChI is InChI=1S/C25H20Cl3F3N8O2/c26-24(27,28)23(41)38-9-1-2-16(11-38)39-21-18(20(32)34-12-35-21)19(37-39)13-3-5-14(6-4-13)22(40)36-17-10-15(7-8-33-17)25(29,30)31/h3-8,10,12,16H,1-2,9,11H2,(H2,32,34,35)(H,33,36,40). The number of piperidine rings is 1. The van der Waals surface area contributed by atoms with Crippen molar-refractivity contribution in [3.05, 3.63) is 60.0 Å². The van der Waals surface area contributed by atoms with Crippen LogP contribution >= 0.6 is 34.8 Å². The summed E-state index contributed by atoms with van der Waals surface area (Å²) in [4.78, 5) is 39.0. The van der Waals surface area contributed by atoms with Gasteiger partial charge in [-0.15, -0.1) is 0 Å². The van der Waals surface area contributed by atoms with E-state index in [0.29, 0.717) is 41.7 Å². The Kier molecular flexibility index (Phi) is 7.70. The summed E-state index contributed by atoms with van der Waals surface area (Å²) in [6.07, 6.45) is -0.988. The number of hydrogen-bond acceptors (Lipinski definition) is 7. The van der Waals surface area contributed by atoms with Gasteiger partial charge in [-0.3, -0.25) is 9.59 Å². The van der Waals surface area contributed by atoms with Gasteiger partial charge >= 0.3 is 6.18 Å². The lowest BCUT2D eigenvalue weighted by Gasteiger charge is -2.34. The minimum absolute atomic E-state index is 0.175. The van der Waals surface area contributed by atoms with Crippen molar-refractivity contribution in [2.24, 2.45) is 0 Å². The second-order valence-electron chi connectivity index (χ2n) is 9.25. The van der Waals surface area contributed by atoms with Crippen molar-refractivity contribution in [1.29, 1.82) is 0 Å². The van der Waals surface area contributed by atoms with Crippen LogP contribution in [0.5, 0.6) is 0 Å². The Labute approximate surface area is 245 Å². The summed E-state index contributed by atoms with van der Waals surface area (Å²) in [7, 11) is 0. The largest absolute Gasteiger partial charge is 0.416 e. The summed E-state index contributed by atoms with van der Waals surface area (Å²) in [5.74, 6) is -1.34. The van der Waals surface area contributed by atoms with Gasteiger partial charge in [0.05, 0.1) is 17.0 Å². The van der Waals surface area contributed by atoms with Crippen LogP contribution in [0.3, 0.4) is 0 Å². The van der Waals surface area contributed by atoms with Gasteiger partial charge in [0.1, 0.15) is 23.7 Å². The molecule has 1 fully saturated rings. The first kappa shape index (κ1) is 28.8. The summed E-state index contributed by atoms with van der Waals surface area (Å²) >= 11 is 17.5. The average molecular weight is 628 g/mol. The number of alkyl halides is 6. The molecule has 1 atom stereocenters. The maximum Gasteiger partial charge on any atom is 0.416 e. The molecule has 0 saturated carbocycles. The van der Waals surface area contributed by atoms with Gasteiger partial charge in [-0.25, -0.2) is 19.6 Å². The lowest BCUT2D eigenvalue weighted by Crippen LogP contribution is -2.45. The topological polar surface area (TPSA) is 132 Å². The maximum absolute atomic E-state index is 13.0. The Balaban J connectivity index is 1.42. The third-order valence-electron chi connectivity index (χ3n) is 6.54. The Morgan fingerprint density at radius 2 is 1.78 bits per heavy atom. The molecule has 10 nitrogen and oxygen atoms in total. The molecule has 1 saturated heterocycles. The highest BCUT2D eigenvalue weighted by atomic mass is 35.6. The summed E-state index contributed by atoms with van der Waals surface area (Å²) in [6, 6.07) is 7.49. The zero-order chi connectivity index (χ0) is 29.5. The van der Waals surface area contributed by atoms with Crippen molar-refractivity contribution in [1.82, 2.24) is 29.6 Å². The first-order valence-corrected chi connectivity index (χ1v) is 13.3. The molecule has 3 aromatic heterocycles. The van der Waals surface area contributed by atoms with Gasteiger partial charge in [-0.1, -0.05) is 46.9 Å². The zero-order valence-corrected chi connectivity index (χ0v) is 23.1. The number of fused-ring (bicyclic) bond motifs is 1. The fourth-order valence-corrected chi connectivity index (χ4v) is 4.97. The summed E-state index contributed by atoms with van der Waals surface area (Å²) in [5, 5.41) is 7.60. The van der Waals surface area contributed by atoms with E-state index in [1.165, 1.54) is 23.4 Å². The number of nitrogens with one attached hydrogen (secondary N) is 1. The Hall–Kier alpha value is -3.68. The monoisotopic (exact) mass is 626 g/mol. The molecular formula is C25H20Cl3F3N8O2. The number of carbonyl (C=O) groups is 2. The number of carbonyl (C=O) groups excluding carboxylic acids is 2. The van der Waals surface area contributed by atoms with Crippen LogP contribution in [0.25, 0.3) is 22.3 Å². The SMILES string of the molecule is Nc1ncnc2c1c(-c1ccc(C(=O)Nc3cc(C(F)(F)F)ccn3)cc1)nn2C1CCCN(C(=O)C(Cl)(Cl)Cl)C1. The van der Waals surface area contributed by atoms with Crippen LogP contribution in [-0.4, -0.2) is 58.3 Å². The van der Waals surface area contributed by atoms with Gasteiger partial charge in [0.25, 0.3) is 15.6 Å². The van der Waals surface area contributed by atoms with Crippen molar-refractivity contribution in [2.75, 3.05) is 24.1 Å². The number of nitrogen functional groups attached to an aromatic ring is 1. The van der Waals surface area contributed by atoms with E-state index in [9.17, 15) is 22.8 Å². The number of nitrogens with two attached hydrogens (primary N) is 1. The maximum atomic E-state index is 13.0. The minimum atomic E-state index is -4.57. The van der Waals surface area contributed by atoms with Crippen LogP contribution in [0.15, 0.2) is 48.9 Å². The van der Waals surface area contributed by atoms with E-state index in [-0.39, 0.29) is 29.8 Å². The number of halogens is 6. The highest BCUT2D eigenvalue weighted by molar-refractivity contribution is 6.76. The van der Waals surface area contributed by atoms with Gasteiger partial charge in [0.2, 0.25) is 0 Å². The van der Waals surface area contributed by atoms with E-state index < -0.39 is 27.3 Å². The van der Waals surface area contributed by atoms with E-state index in [4.69, 9.17) is 45.6 Å². The van der Waals surface area contributed by atoms with Crippen LogP contribution in [0.4, 0.5) is 24.8 Å². The molecule has 0 radical (unpaired) electrons. The highest BCUT2D eigenvalue weighted by Gasteiger charge is 2.38. The molecule has 2 amide bonds. The normalized spacial score (nSPS) is 16.1. The fourth-order valence-electron chi connectivity index (χ4n) is 4.61. The molecule has 3 N–H and O–H groups in total. The molecule has 5 rings (SSSR count). The van der Waals surface area contributed by atoms with Crippen molar-refractivity contribution in [3.63, 3.8) is 0 Å². The number of nitrogens with zero attached hydrogens (tertiary/aromatic N) is 6. The molecule has 1 aliphatic rings. The van der Waals surface area contributed by atoms with Crippen molar-refractivity contribution >= 4 is 69.3 Å². The van der Waals surface area contributed by atoms with E-state index in [1.54, 1.807) is 16.8 Å². The molecule has 0 bridgehead atoms. The zero-order valence-electron chi connectivity index (χ0n) is 20.9. The molecule has 4 aromatic rings. The van der Waals surface area contributed by atoms with Gasteiger partial charge in [-0.05, 0) is 37.1 Å². The van der Waals surface area contributed by atoms with E-state index >= 15 is 0 Å². The lowest BCUT2D eigenvalue weighted by molar-refractivity contribution is -0.137. The number of likely N-dealkylation sites (tertiary alicyclic amines) is 1. The third kappa shape index (κ3) is 6.02. The molecule has 41 heavy (non-hydrogen) atoms. The molecule has 214 valence electrons. The third-order valence-corrected chi connectivity index (χ3v) is 7.02. The molecule has 1 aliphatic heterocycles. The fraction of sp³-hybridized carbons (Fsp3) is 0.280. The molecule has 1 unspecified atom stereocenters. The van der Waals surface area contributed by atoms with Gasteiger partial charge in [0, 0.05) is 30.4 Å². The lowest BCUT2D eigenvalue weighted by atomic mass is 10.1. The van der Waals surface area contributed by atoms with E-state index in [2.05, 4.69) is 20.3 Å². The number of rotatable bonds is 4. The molecule has 0 aliphatic carbocycles. The molecule has 16 heteroatoms. The van der Waals surface area contributed by atoms with Gasteiger partial charge in [-0.2, -0.15) is 18.3 Å². The molecule has 4 heterocycles.